The van der Waals surface area contributed by atoms with Crippen molar-refractivity contribution in [3.8, 4) is 17.1 Å². The zero-order chi connectivity index (χ0) is 23.6. The average Bonchev–Trinajstić information content (AvgIpc) is 3.57. The molecular formula is C25H27N7O3. The number of carbonyl (C=O) groups is 1. The SMILES string of the molecule is O=C(c1ccc(-n2cc(-c3n[nH]c4ccc(NC5CCCOC5)cc34)nn2)cc1)N1CCOCC1. The lowest BCUT2D eigenvalue weighted by molar-refractivity contribution is 0.0303. The molecule has 2 fully saturated rings. The molecule has 2 N–H and O–H groups in total. The number of nitrogens with zero attached hydrogens (tertiary/aromatic N) is 5. The summed E-state index contributed by atoms with van der Waals surface area (Å²) in [6, 6.07) is 13.9. The van der Waals surface area contributed by atoms with E-state index in [9.17, 15) is 4.79 Å². The van der Waals surface area contributed by atoms with Crippen molar-refractivity contribution in [3.63, 3.8) is 0 Å². The smallest absolute Gasteiger partial charge is 0.254 e. The zero-order valence-electron chi connectivity index (χ0n) is 19.3. The zero-order valence-corrected chi connectivity index (χ0v) is 19.3. The molecule has 4 heterocycles. The molecule has 1 amide bonds. The first-order valence-corrected chi connectivity index (χ1v) is 12.0. The molecule has 2 saturated heterocycles. The van der Waals surface area contributed by atoms with Gasteiger partial charge in [0.05, 0.1) is 37.2 Å². The van der Waals surface area contributed by atoms with Gasteiger partial charge in [-0.15, -0.1) is 5.10 Å². The van der Waals surface area contributed by atoms with Gasteiger partial charge >= 0.3 is 0 Å². The highest BCUT2D eigenvalue weighted by Crippen LogP contribution is 2.28. The predicted molar refractivity (Wildman–Crippen MR) is 131 cm³/mol. The van der Waals surface area contributed by atoms with Gasteiger partial charge in [-0.3, -0.25) is 9.89 Å². The van der Waals surface area contributed by atoms with E-state index in [0.29, 0.717) is 43.6 Å². The third-order valence-electron chi connectivity index (χ3n) is 6.51. The number of carbonyl (C=O) groups excluding carboxylic acids is 1. The van der Waals surface area contributed by atoms with Gasteiger partial charge in [-0.05, 0) is 55.3 Å². The van der Waals surface area contributed by atoms with Gasteiger partial charge in [0.2, 0.25) is 0 Å². The number of hydrogen-bond acceptors (Lipinski definition) is 7. The van der Waals surface area contributed by atoms with Crippen molar-refractivity contribution in [2.45, 2.75) is 18.9 Å². The van der Waals surface area contributed by atoms with Gasteiger partial charge in [0.15, 0.2) is 0 Å². The number of rotatable bonds is 5. The van der Waals surface area contributed by atoms with E-state index in [1.165, 1.54) is 0 Å². The Kier molecular flexibility index (Phi) is 5.89. The molecule has 2 aliphatic heterocycles. The second kappa shape index (κ2) is 9.47. The Hall–Kier alpha value is -3.76. The summed E-state index contributed by atoms with van der Waals surface area (Å²) < 4.78 is 12.6. The Balaban J connectivity index is 1.21. The summed E-state index contributed by atoms with van der Waals surface area (Å²) in [4.78, 5) is 14.5. The van der Waals surface area contributed by atoms with Gasteiger partial charge in [0.1, 0.15) is 11.4 Å². The minimum atomic E-state index is 0.0197. The fraction of sp³-hybridized carbons (Fsp3) is 0.360. The third-order valence-corrected chi connectivity index (χ3v) is 6.51. The number of anilines is 1. The molecule has 4 aromatic rings. The molecular weight excluding hydrogens is 446 g/mol. The Bertz CT molecular complexity index is 1320. The van der Waals surface area contributed by atoms with Crippen LogP contribution < -0.4 is 5.32 Å². The Labute approximate surface area is 202 Å². The van der Waals surface area contributed by atoms with Crippen molar-refractivity contribution < 1.29 is 14.3 Å². The van der Waals surface area contributed by atoms with Crippen molar-refractivity contribution in [1.29, 1.82) is 0 Å². The van der Waals surface area contributed by atoms with E-state index in [1.54, 1.807) is 4.68 Å². The topological polar surface area (TPSA) is 110 Å². The normalized spacial score (nSPS) is 18.6. The number of hydrogen-bond donors (Lipinski definition) is 2. The third kappa shape index (κ3) is 4.50. The summed E-state index contributed by atoms with van der Waals surface area (Å²) in [5.74, 6) is 0.0197. The van der Waals surface area contributed by atoms with E-state index in [1.807, 2.05) is 41.4 Å². The molecule has 2 aromatic carbocycles. The maximum absolute atomic E-state index is 12.7. The summed E-state index contributed by atoms with van der Waals surface area (Å²) in [6.07, 6.45) is 4.02. The van der Waals surface area contributed by atoms with E-state index in [2.05, 4.69) is 38.0 Å². The number of nitrogens with one attached hydrogen (secondary N) is 2. The number of aromatic nitrogens is 5. The monoisotopic (exact) mass is 473 g/mol. The molecule has 2 aromatic heterocycles. The Morgan fingerprint density at radius 2 is 1.91 bits per heavy atom. The van der Waals surface area contributed by atoms with Crippen LogP contribution in [0.15, 0.2) is 48.7 Å². The number of amides is 1. The Morgan fingerprint density at radius 1 is 1.06 bits per heavy atom. The molecule has 0 saturated carbocycles. The van der Waals surface area contributed by atoms with Crippen molar-refractivity contribution in [2.24, 2.45) is 0 Å². The molecule has 35 heavy (non-hydrogen) atoms. The average molecular weight is 474 g/mol. The molecule has 10 heteroatoms. The molecule has 6 rings (SSSR count). The highest BCUT2D eigenvalue weighted by molar-refractivity contribution is 5.95. The van der Waals surface area contributed by atoms with E-state index in [-0.39, 0.29) is 5.91 Å². The maximum atomic E-state index is 12.7. The predicted octanol–water partition coefficient (Wildman–Crippen LogP) is 2.87. The molecule has 1 unspecified atom stereocenters. The molecule has 10 nitrogen and oxygen atoms in total. The fourth-order valence-corrected chi connectivity index (χ4v) is 4.59. The molecule has 0 bridgehead atoms. The quantitative estimate of drug-likeness (QED) is 0.459. The van der Waals surface area contributed by atoms with Gasteiger partial charge < -0.3 is 19.7 Å². The number of fused-ring (bicyclic) bond motifs is 1. The fourth-order valence-electron chi connectivity index (χ4n) is 4.59. The summed E-state index contributed by atoms with van der Waals surface area (Å²) in [7, 11) is 0. The number of aromatic amines is 1. The first-order valence-electron chi connectivity index (χ1n) is 12.0. The summed E-state index contributed by atoms with van der Waals surface area (Å²) in [5.41, 5.74) is 4.85. The molecule has 0 radical (unpaired) electrons. The number of ether oxygens (including phenoxy) is 2. The summed E-state index contributed by atoms with van der Waals surface area (Å²) in [5, 5.41) is 20.8. The number of benzene rings is 2. The van der Waals surface area contributed by atoms with Crippen LogP contribution in [0.1, 0.15) is 23.2 Å². The maximum Gasteiger partial charge on any atom is 0.254 e. The minimum absolute atomic E-state index is 0.0197. The van der Waals surface area contributed by atoms with Gasteiger partial charge in [-0.1, -0.05) is 5.21 Å². The van der Waals surface area contributed by atoms with Crippen molar-refractivity contribution in [3.05, 3.63) is 54.2 Å². The van der Waals surface area contributed by atoms with Gasteiger partial charge in [0.25, 0.3) is 5.91 Å². The summed E-state index contributed by atoms with van der Waals surface area (Å²) >= 11 is 0. The first kappa shape index (κ1) is 21.8. The largest absolute Gasteiger partial charge is 0.380 e. The second-order valence-corrected chi connectivity index (χ2v) is 8.89. The van der Waals surface area contributed by atoms with Crippen molar-refractivity contribution >= 4 is 22.5 Å². The highest BCUT2D eigenvalue weighted by Gasteiger charge is 2.19. The van der Waals surface area contributed by atoms with E-state index >= 15 is 0 Å². The lowest BCUT2D eigenvalue weighted by Crippen LogP contribution is -2.40. The van der Waals surface area contributed by atoms with Crippen LogP contribution in [0.2, 0.25) is 0 Å². The molecule has 2 aliphatic rings. The lowest BCUT2D eigenvalue weighted by Gasteiger charge is -2.26. The molecule has 180 valence electrons. The van der Waals surface area contributed by atoms with Gasteiger partial charge in [-0.25, -0.2) is 4.68 Å². The molecule has 0 spiro atoms. The van der Waals surface area contributed by atoms with Crippen LogP contribution in [0.4, 0.5) is 5.69 Å². The van der Waals surface area contributed by atoms with Gasteiger partial charge in [0, 0.05) is 42.4 Å². The number of morpholine rings is 1. The van der Waals surface area contributed by atoms with Crippen LogP contribution in [0.3, 0.4) is 0 Å². The molecule has 0 aliphatic carbocycles. The minimum Gasteiger partial charge on any atom is -0.380 e. The van der Waals surface area contributed by atoms with E-state index in [0.717, 1.165) is 54.0 Å². The van der Waals surface area contributed by atoms with Gasteiger partial charge in [-0.2, -0.15) is 5.10 Å². The lowest BCUT2D eigenvalue weighted by atomic mass is 10.1. The van der Waals surface area contributed by atoms with Crippen LogP contribution in [0, 0.1) is 0 Å². The molecule has 1 atom stereocenters. The summed E-state index contributed by atoms with van der Waals surface area (Å²) in [6.45, 7) is 3.97. The second-order valence-electron chi connectivity index (χ2n) is 8.89. The highest BCUT2D eigenvalue weighted by atomic mass is 16.5. The first-order chi connectivity index (χ1) is 17.2. The van der Waals surface area contributed by atoms with E-state index in [4.69, 9.17) is 9.47 Å². The van der Waals surface area contributed by atoms with Crippen LogP contribution in [-0.2, 0) is 9.47 Å². The number of H-pyrrole nitrogens is 1. The van der Waals surface area contributed by atoms with Crippen LogP contribution in [0.25, 0.3) is 28.0 Å². The standard InChI is InChI=1S/C25H27N7O3/c33-25(31-9-12-34-13-10-31)17-3-6-20(7-4-17)32-15-23(28-30-32)24-21-14-18(5-8-22(21)27-29-24)26-19-2-1-11-35-16-19/h3-8,14-15,19,26H,1-2,9-13,16H2,(H,27,29). The van der Waals surface area contributed by atoms with Crippen LogP contribution in [-0.4, -0.2) is 81.6 Å². The van der Waals surface area contributed by atoms with Crippen molar-refractivity contribution in [2.75, 3.05) is 44.8 Å². The van der Waals surface area contributed by atoms with E-state index < -0.39 is 0 Å². The Morgan fingerprint density at radius 3 is 2.71 bits per heavy atom. The van der Waals surface area contributed by atoms with Crippen molar-refractivity contribution in [1.82, 2.24) is 30.1 Å². The van der Waals surface area contributed by atoms with Crippen LogP contribution >= 0.6 is 0 Å². The van der Waals surface area contributed by atoms with Crippen LogP contribution in [0.5, 0.6) is 0 Å².